The largest absolute Gasteiger partial charge is 0.492 e. The van der Waals surface area contributed by atoms with E-state index < -0.39 is 11.7 Å². The van der Waals surface area contributed by atoms with Crippen molar-refractivity contribution in [1.82, 2.24) is 10.3 Å². The van der Waals surface area contributed by atoms with Crippen LogP contribution < -0.4 is 15.8 Å². The number of anilines is 2. The Morgan fingerprint density at radius 1 is 1.53 bits per heavy atom. The zero-order valence-corrected chi connectivity index (χ0v) is 10.0. The maximum Gasteiger partial charge on any atom is 0.281 e. The van der Waals surface area contributed by atoms with Crippen LogP contribution in [0.4, 0.5) is 15.9 Å². The van der Waals surface area contributed by atoms with Crippen molar-refractivity contribution in [2.24, 2.45) is 0 Å². The first-order valence-corrected chi connectivity index (χ1v) is 5.43. The van der Waals surface area contributed by atoms with E-state index in [0.717, 1.165) is 0 Å². The molecule has 0 saturated heterocycles. The number of nitrogens with zero attached hydrogens (tertiary/aromatic N) is 2. The van der Waals surface area contributed by atoms with Gasteiger partial charge in [0.1, 0.15) is 11.6 Å². The Labute approximate surface area is 107 Å². The molecule has 100 valence electrons. The Morgan fingerprint density at radius 2 is 2.32 bits per heavy atom. The van der Waals surface area contributed by atoms with Crippen LogP contribution in [0.2, 0.25) is 0 Å². The molecule has 1 heterocycles. The Hall–Kier alpha value is -2.64. The van der Waals surface area contributed by atoms with E-state index in [1.54, 1.807) is 6.92 Å². The van der Waals surface area contributed by atoms with E-state index in [0.29, 0.717) is 12.3 Å². The first kappa shape index (κ1) is 12.8. The minimum Gasteiger partial charge on any atom is -0.492 e. The maximum absolute atomic E-state index is 13.1. The summed E-state index contributed by atoms with van der Waals surface area (Å²) in [4.78, 5) is 11.8. The van der Waals surface area contributed by atoms with Crippen LogP contribution in [0.15, 0.2) is 22.8 Å². The smallest absolute Gasteiger partial charge is 0.281 e. The fraction of sp³-hybridized carbons (Fsp3) is 0.182. The van der Waals surface area contributed by atoms with E-state index in [-0.39, 0.29) is 17.3 Å². The molecule has 2 aromatic rings. The van der Waals surface area contributed by atoms with Crippen LogP contribution in [0.5, 0.6) is 5.75 Å². The molecular formula is C11H11FN4O3. The van der Waals surface area contributed by atoms with E-state index in [9.17, 15) is 9.18 Å². The van der Waals surface area contributed by atoms with Crippen molar-refractivity contribution in [1.29, 1.82) is 0 Å². The maximum atomic E-state index is 13.1. The molecule has 0 saturated carbocycles. The number of amides is 1. The Bertz CT molecular complexity index is 599. The number of hydrogen-bond donors (Lipinski definition) is 2. The molecule has 0 spiro atoms. The lowest BCUT2D eigenvalue weighted by Gasteiger charge is -2.10. The molecular weight excluding hydrogens is 255 g/mol. The first-order chi connectivity index (χ1) is 9.11. The minimum absolute atomic E-state index is 0.127. The summed E-state index contributed by atoms with van der Waals surface area (Å²) in [7, 11) is 0. The van der Waals surface area contributed by atoms with Crippen LogP contribution in [0.25, 0.3) is 0 Å². The van der Waals surface area contributed by atoms with Crippen LogP contribution >= 0.6 is 0 Å². The van der Waals surface area contributed by atoms with Crippen molar-refractivity contribution in [2.45, 2.75) is 6.92 Å². The van der Waals surface area contributed by atoms with E-state index in [4.69, 9.17) is 10.5 Å². The molecule has 2 rings (SSSR count). The van der Waals surface area contributed by atoms with Gasteiger partial charge in [-0.25, -0.2) is 9.02 Å². The predicted molar refractivity (Wildman–Crippen MR) is 64.2 cm³/mol. The monoisotopic (exact) mass is 266 g/mol. The molecule has 0 unspecified atom stereocenters. The normalized spacial score (nSPS) is 10.2. The SMILES string of the molecule is CCOc1cc(F)ccc1NC(=O)c1nonc1N. The number of rotatable bonds is 4. The molecule has 3 N–H and O–H groups in total. The van der Waals surface area contributed by atoms with Gasteiger partial charge in [0, 0.05) is 6.07 Å². The topological polar surface area (TPSA) is 103 Å². The van der Waals surface area contributed by atoms with Gasteiger partial charge in [0.2, 0.25) is 11.5 Å². The Kier molecular flexibility index (Phi) is 3.60. The highest BCUT2D eigenvalue weighted by Gasteiger charge is 2.17. The number of benzene rings is 1. The predicted octanol–water partition coefficient (Wildman–Crippen LogP) is 1.44. The van der Waals surface area contributed by atoms with Gasteiger partial charge < -0.3 is 15.8 Å². The number of halogens is 1. The molecule has 1 amide bonds. The highest BCUT2D eigenvalue weighted by atomic mass is 19.1. The summed E-state index contributed by atoms with van der Waals surface area (Å²) in [5.41, 5.74) is 5.55. The number of carbonyl (C=O) groups excluding carboxylic acids is 1. The van der Waals surface area contributed by atoms with E-state index in [1.165, 1.54) is 18.2 Å². The number of ether oxygens (including phenoxy) is 1. The lowest BCUT2D eigenvalue weighted by molar-refractivity contribution is 0.101. The van der Waals surface area contributed by atoms with Crippen molar-refractivity contribution >= 4 is 17.4 Å². The molecule has 1 aromatic heterocycles. The standard InChI is InChI=1S/C11H11FN4O3/c1-2-18-8-5-6(12)3-4-7(8)14-11(17)9-10(13)16-19-15-9/h3-5H,2H2,1H3,(H2,13,16)(H,14,17). The number of nitrogens with one attached hydrogen (secondary N) is 1. The molecule has 1 aromatic carbocycles. The van der Waals surface area contributed by atoms with Crippen molar-refractivity contribution in [2.75, 3.05) is 17.7 Å². The number of aromatic nitrogens is 2. The van der Waals surface area contributed by atoms with Crippen LogP contribution in [0, 0.1) is 5.82 Å². The molecule has 19 heavy (non-hydrogen) atoms. The molecule has 0 aliphatic rings. The second-order valence-corrected chi connectivity index (χ2v) is 3.53. The molecule has 7 nitrogen and oxygen atoms in total. The summed E-state index contributed by atoms with van der Waals surface area (Å²) in [6.07, 6.45) is 0. The molecule has 0 aliphatic carbocycles. The van der Waals surface area contributed by atoms with Gasteiger partial charge in [-0.05, 0) is 29.4 Å². The third kappa shape index (κ3) is 2.79. The van der Waals surface area contributed by atoms with Crippen LogP contribution in [-0.2, 0) is 0 Å². The van der Waals surface area contributed by atoms with Crippen LogP contribution in [0.1, 0.15) is 17.4 Å². The van der Waals surface area contributed by atoms with Crippen molar-refractivity contribution in [3.63, 3.8) is 0 Å². The molecule has 0 atom stereocenters. The second-order valence-electron chi connectivity index (χ2n) is 3.53. The van der Waals surface area contributed by atoms with E-state index in [2.05, 4.69) is 20.3 Å². The molecule has 0 aliphatic heterocycles. The number of nitrogens with two attached hydrogens (primary N) is 1. The van der Waals surface area contributed by atoms with Crippen LogP contribution in [-0.4, -0.2) is 22.8 Å². The van der Waals surface area contributed by atoms with E-state index in [1.807, 2.05) is 0 Å². The van der Waals surface area contributed by atoms with Crippen molar-refractivity contribution < 1.29 is 18.6 Å². The third-order valence-corrected chi connectivity index (χ3v) is 2.22. The van der Waals surface area contributed by atoms with Gasteiger partial charge in [0.25, 0.3) is 5.91 Å². The molecule has 0 fully saturated rings. The minimum atomic E-state index is -0.619. The molecule has 0 radical (unpaired) electrons. The lowest BCUT2D eigenvalue weighted by atomic mass is 10.2. The third-order valence-electron chi connectivity index (χ3n) is 2.22. The molecule has 8 heteroatoms. The van der Waals surface area contributed by atoms with Gasteiger partial charge in [0.15, 0.2) is 0 Å². The van der Waals surface area contributed by atoms with Gasteiger partial charge in [-0.2, -0.15) is 0 Å². The Balaban J connectivity index is 2.23. The number of carbonyl (C=O) groups is 1. The number of hydrogen-bond acceptors (Lipinski definition) is 6. The molecule has 0 bridgehead atoms. The van der Waals surface area contributed by atoms with Gasteiger partial charge >= 0.3 is 0 Å². The Morgan fingerprint density at radius 3 is 2.95 bits per heavy atom. The average Bonchev–Trinajstić information content (AvgIpc) is 2.79. The lowest BCUT2D eigenvalue weighted by Crippen LogP contribution is -2.15. The zero-order valence-electron chi connectivity index (χ0n) is 10.0. The summed E-state index contributed by atoms with van der Waals surface area (Å²) in [5, 5.41) is 9.15. The highest BCUT2D eigenvalue weighted by molar-refractivity contribution is 6.06. The van der Waals surface area contributed by atoms with E-state index >= 15 is 0 Å². The second kappa shape index (κ2) is 5.34. The quantitative estimate of drug-likeness (QED) is 0.867. The highest BCUT2D eigenvalue weighted by Crippen LogP contribution is 2.26. The summed E-state index contributed by atoms with van der Waals surface area (Å²) in [6.45, 7) is 2.08. The van der Waals surface area contributed by atoms with Gasteiger partial charge in [0.05, 0.1) is 12.3 Å². The number of nitrogen functional groups attached to an aromatic ring is 1. The average molecular weight is 266 g/mol. The fourth-order valence-electron chi connectivity index (χ4n) is 1.41. The summed E-state index contributed by atoms with van der Waals surface area (Å²) >= 11 is 0. The zero-order chi connectivity index (χ0) is 13.8. The fourth-order valence-corrected chi connectivity index (χ4v) is 1.41. The van der Waals surface area contributed by atoms with Crippen molar-refractivity contribution in [3.05, 3.63) is 29.7 Å². The summed E-state index contributed by atoms with van der Waals surface area (Å²) in [5.74, 6) is -1.00. The van der Waals surface area contributed by atoms with Gasteiger partial charge in [-0.1, -0.05) is 0 Å². The summed E-state index contributed by atoms with van der Waals surface area (Å²) < 4.78 is 22.6. The van der Waals surface area contributed by atoms with Gasteiger partial charge in [-0.3, -0.25) is 4.79 Å². The van der Waals surface area contributed by atoms with Crippen molar-refractivity contribution in [3.8, 4) is 5.75 Å². The van der Waals surface area contributed by atoms with Crippen LogP contribution in [0.3, 0.4) is 0 Å². The summed E-state index contributed by atoms with van der Waals surface area (Å²) in [6, 6.07) is 3.74. The van der Waals surface area contributed by atoms with Gasteiger partial charge in [-0.15, -0.1) is 0 Å². The first-order valence-electron chi connectivity index (χ1n) is 5.43.